The predicted molar refractivity (Wildman–Crippen MR) is 112 cm³/mol. The highest BCUT2D eigenvalue weighted by Crippen LogP contribution is 2.23. The summed E-state index contributed by atoms with van der Waals surface area (Å²) in [7, 11) is 0. The lowest BCUT2D eigenvalue weighted by atomic mass is 10.3. The zero-order valence-electron chi connectivity index (χ0n) is 15.7. The number of nitrogens with one attached hydrogen (secondary N) is 2. The second-order valence-electron chi connectivity index (χ2n) is 6.27. The predicted octanol–water partition coefficient (Wildman–Crippen LogP) is 5.01. The van der Waals surface area contributed by atoms with Crippen LogP contribution in [-0.4, -0.2) is 20.6 Å². The van der Waals surface area contributed by atoms with Gasteiger partial charge in [0.25, 0.3) is 0 Å². The van der Waals surface area contributed by atoms with Crippen LogP contribution in [0, 0.1) is 6.92 Å². The van der Waals surface area contributed by atoms with Crippen molar-refractivity contribution in [2.75, 3.05) is 10.6 Å². The van der Waals surface area contributed by atoms with E-state index in [1.54, 1.807) is 30.3 Å². The summed E-state index contributed by atoms with van der Waals surface area (Å²) < 4.78 is 7.75. The summed E-state index contributed by atoms with van der Waals surface area (Å²) in [6, 6.07) is 21.6. The Morgan fingerprint density at radius 2 is 1.52 bits per heavy atom. The zero-order valence-corrected chi connectivity index (χ0v) is 15.7. The van der Waals surface area contributed by atoms with E-state index in [0.717, 1.165) is 11.5 Å². The lowest BCUT2D eigenvalue weighted by Crippen LogP contribution is -2.19. The Kier molecular flexibility index (Phi) is 5.20. The summed E-state index contributed by atoms with van der Waals surface area (Å²) in [4.78, 5) is 20.8. The van der Waals surface area contributed by atoms with Crippen LogP contribution in [0.5, 0.6) is 11.6 Å². The molecule has 7 heteroatoms. The van der Waals surface area contributed by atoms with E-state index in [-0.39, 0.29) is 6.03 Å². The van der Waals surface area contributed by atoms with Gasteiger partial charge in [-0.1, -0.05) is 18.2 Å². The average Bonchev–Trinajstić information content (AvgIpc) is 3.25. The summed E-state index contributed by atoms with van der Waals surface area (Å²) in [6.07, 6.45) is 3.82. The van der Waals surface area contributed by atoms with E-state index in [1.807, 2.05) is 66.3 Å². The molecule has 0 spiro atoms. The van der Waals surface area contributed by atoms with Crippen molar-refractivity contribution in [2.45, 2.75) is 6.92 Å². The number of aromatic nitrogens is 3. The first kappa shape index (κ1) is 18.2. The topological polar surface area (TPSA) is 81.1 Å². The van der Waals surface area contributed by atoms with Gasteiger partial charge in [0.2, 0.25) is 5.88 Å². The molecule has 2 N–H and O–H groups in total. The number of amides is 2. The van der Waals surface area contributed by atoms with Crippen LogP contribution in [0.15, 0.2) is 85.2 Å². The van der Waals surface area contributed by atoms with Crippen molar-refractivity contribution in [2.24, 2.45) is 0 Å². The fourth-order valence-corrected chi connectivity index (χ4v) is 2.74. The summed E-state index contributed by atoms with van der Waals surface area (Å²) in [5.74, 6) is 2.40. The van der Waals surface area contributed by atoms with Crippen molar-refractivity contribution in [3.8, 4) is 17.4 Å². The summed E-state index contributed by atoms with van der Waals surface area (Å²) in [5, 5.41) is 5.55. The minimum atomic E-state index is -0.312. The number of para-hydroxylation sites is 1. The van der Waals surface area contributed by atoms with E-state index in [9.17, 15) is 4.79 Å². The van der Waals surface area contributed by atoms with Gasteiger partial charge >= 0.3 is 6.03 Å². The second-order valence-corrected chi connectivity index (χ2v) is 6.27. The van der Waals surface area contributed by atoms with Crippen molar-refractivity contribution in [3.63, 3.8) is 0 Å². The van der Waals surface area contributed by atoms with Crippen LogP contribution >= 0.6 is 0 Å². The summed E-state index contributed by atoms with van der Waals surface area (Å²) in [5.41, 5.74) is 1.38. The van der Waals surface area contributed by atoms with Crippen LogP contribution in [0.3, 0.4) is 0 Å². The molecule has 0 fully saturated rings. The minimum Gasteiger partial charge on any atom is -0.439 e. The highest BCUT2D eigenvalue weighted by Gasteiger charge is 2.07. The van der Waals surface area contributed by atoms with Crippen LogP contribution in [0.2, 0.25) is 0 Å². The number of hydrogen-bond donors (Lipinski definition) is 2. The molecule has 0 aliphatic rings. The molecule has 2 heterocycles. The largest absolute Gasteiger partial charge is 0.439 e. The van der Waals surface area contributed by atoms with Crippen molar-refractivity contribution in [3.05, 3.63) is 91.0 Å². The number of rotatable bonds is 5. The molecule has 0 saturated heterocycles. The molecular weight excluding hydrogens is 366 g/mol. The molecule has 4 rings (SSSR count). The Morgan fingerprint density at radius 1 is 0.862 bits per heavy atom. The fourth-order valence-electron chi connectivity index (χ4n) is 2.74. The van der Waals surface area contributed by atoms with Crippen LogP contribution in [-0.2, 0) is 0 Å². The van der Waals surface area contributed by atoms with Crippen LogP contribution in [0.25, 0.3) is 5.82 Å². The number of hydrogen-bond acceptors (Lipinski definition) is 4. The van der Waals surface area contributed by atoms with Crippen LogP contribution in [0.1, 0.15) is 5.82 Å². The number of aryl methyl sites for hydroxylation is 1. The maximum Gasteiger partial charge on any atom is 0.323 e. The Labute approximate surface area is 168 Å². The number of ether oxygens (including phenoxy) is 1. The van der Waals surface area contributed by atoms with Crippen LogP contribution < -0.4 is 15.4 Å². The van der Waals surface area contributed by atoms with Gasteiger partial charge in [0.05, 0.1) is 0 Å². The Morgan fingerprint density at radius 3 is 2.21 bits per heavy atom. The lowest BCUT2D eigenvalue weighted by molar-refractivity contribution is 0.262. The molecule has 144 valence electrons. The SMILES string of the molecule is Cc1nc(Oc2ccc(NC(=O)Nc3ccccc3)cc2)cc(-n2cccc2)n1. The summed E-state index contributed by atoms with van der Waals surface area (Å²) >= 11 is 0. The average molecular weight is 385 g/mol. The van der Waals surface area contributed by atoms with Crippen molar-refractivity contribution in [1.29, 1.82) is 0 Å². The first-order valence-corrected chi connectivity index (χ1v) is 9.06. The molecule has 4 aromatic rings. The van der Waals surface area contributed by atoms with Gasteiger partial charge in [0, 0.05) is 29.8 Å². The normalized spacial score (nSPS) is 10.4. The highest BCUT2D eigenvalue weighted by molar-refractivity contribution is 5.99. The van der Waals surface area contributed by atoms with E-state index in [1.165, 1.54) is 0 Å². The molecule has 29 heavy (non-hydrogen) atoms. The van der Waals surface area contributed by atoms with Crippen molar-refractivity contribution in [1.82, 2.24) is 14.5 Å². The van der Waals surface area contributed by atoms with Gasteiger partial charge in [-0.25, -0.2) is 9.78 Å². The molecular formula is C22H19N5O2. The number of benzene rings is 2. The zero-order chi connectivity index (χ0) is 20.1. The van der Waals surface area contributed by atoms with E-state index >= 15 is 0 Å². The monoisotopic (exact) mass is 385 g/mol. The van der Waals surface area contributed by atoms with Crippen molar-refractivity contribution < 1.29 is 9.53 Å². The number of nitrogens with zero attached hydrogens (tertiary/aromatic N) is 3. The second kappa shape index (κ2) is 8.26. The van der Waals surface area contributed by atoms with Gasteiger partial charge < -0.3 is 19.9 Å². The molecule has 0 aliphatic carbocycles. The maximum absolute atomic E-state index is 12.1. The van der Waals surface area contributed by atoms with Gasteiger partial charge in [0.1, 0.15) is 17.4 Å². The Bertz CT molecular complexity index is 1090. The van der Waals surface area contributed by atoms with Gasteiger partial charge in [-0.3, -0.25) is 0 Å². The van der Waals surface area contributed by atoms with E-state index in [4.69, 9.17) is 4.74 Å². The Balaban J connectivity index is 1.41. The fraction of sp³-hybridized carbons (Fsp3) is 0.0455. The summed E-state index contributed by atoms with van der Waals surface area (Å²) in [6.45, 7) is 1.82. The molecule has 7 nitrogen and oxygen atoms in total. The molecule has 0 bridgehead atoms. The molecule has 0 atom stereocenters. The number of anilines is 2. The first-order valence-electron chi connectivity index (χ1n) is 9.06. The third kappa shape index (κ3) is 4.78. The number of carbonyl (C=O) groups excluding carboxylic acids is 1. The van der Waals surface area contributed by atoms with Gasteiger partial charge in [-0.2, -0.15) is 4.98 Å². The molecule has 0 radical (unpaired) electrons. The van der Waals surface area contributed by atoms with Crippen molar-refractivity contribution >= 4 is 17.4 Å². The quantitative estimate of drug-likeness (QED) is 0.506. The third-order valence-corrected chi connectivity index (χ3v) is 4.04. The third-order valence-electron chi connectivity index (χ3n) is 4.04. The molecule has 0 aliphatic heterocycles. The lowest BCUT2D eigenvalue weighted by Gasteiger charge is -2.10. The van der Waals surface area contributed by atoms with E-state index < -0.39 is 0 Å². The maximum atomic E-state index is 12.1. The van der Waals surface area contributed by atoms with Gasteiger partial charge in [-0.05, 0) is 55.5 Å². The molecule has 2 amide bonds. The molecule has 2 aromatic heterocycles. The van der Waals surface area contributed by atoms with Gasteiger partial charge in [0.15, 0.2) is 0 Å². The standard InChI is InChI=1S/C22H19N5O2/c1-16-23-20(27-13-5-6-14-27)15-21(24-16)29-19-11-9-18(10-12-19)26-22(28)25-17-7-3-2-4-8-17/h2-15H,1H3,(H2,25,26,28). The van der Waals surface area contributed by atoms with Gasteiger partial charge in [-0.15, -0.1) is 0 Å². The number of carbonyl (C=O) groups is 1. The first-order chi connectivity index (χ1) is 14.2. The highest BCUT2D eigenvalue weighted by atomic mass is 16.5. The number of urea groups is 1. The molecule has 0 saturated carbocycles. The molecule has 0 unspecified atom stereocenters. The molecule has 2 aromatic carbocycles. The minimum absolute atomic E-state index is 0.312. The Hall–Kier alpha value is -4.13. The van der Waals surface area contributed by atoms with E-state index in [2.05, 4.69) is 20.6 Å². The smallest absolute Gasteiger partial charge is 0.323 e. The van der Waals surface area contributed by atoms with Crippen LogP contribution in [0.4, 0.5) is 16.2 Å². The van der Waals surface area contributed by atoms with E-state index in [0.29, 0.717) is 23.1 Å².